The van der Waals surface area contributed by atoms with E-state index in [2.05, 4.69) is 11.0 Å². The number of ketones is 1. The maximum atomic E-state index is 11.5. The van der Waals surface area contributed by atoms with Crippen LogP contribution in [0.1, 0.15) is 43.9 Å². The summed E-state index contributed by atoms with van der Waals surface area (Å²) in [5, 5.41) is 19.9. The van der Waals surface area contributed by atoms with E-state index < -0.39 is 11.7 Å². The van der Waals surface area contributed by atoms with E-state index in [1.54, 1.807) is 18.2 Å². The molecule has 0 amide bonds. The molecule has 0 aromatic heterocycles. The second-order valence-corrected chi connectivity index (χ2v) is 6.53. The van der Waals surface area contributed by atoms with Crippen LogP contribution in [0.25, 0.3) is 0 Å². The monoisotopic (exact) mass is 300 g/mol. The molecule has 2 aliphatic heterocycles. The van der Waals surface area contributed by atoms with Crippen molar-refractivity contribution in [2.75, 3.05) is 13.1 Å². The summed E-state index contributed by atoms with van der Waals surface area (Å²) < 4.78 is 5.92. The molecule has 3 rings (SSSR count). The number of carbonyl (C=O) groups excluding carboxylic acids is 1. The Labute approximate surface area is 130 Å². The van der Waals surface area contributed by atoms with E-state index in [9.17, 15) is 9.90 Å². The summed E-state index contributed by atoms with van der Waals surface area (Å²) in [5.41, 5.74) is 0.667. The van der Waals surface area contributed by atoms with Crippen LogP contribution in [0, 0.1) is 11.3 Å². The van der Waals surface area contributed by atoms with Gasteiger partial charge in [0.05, 0.1) is 17.7 Å². The molecule has 1 N–H and O–H groups in total. The van der Waals surface area contributed by atoms with Crippen LogP contribution in [-0.2, 0) is 4.79 Å². The molecule has 0 aliphatic carbocycles. The van der Waals surface area contributed by atoms with E-state index in [1.807, 2.05) is 13.8 Å². The van der Waals surface area contributed by atoms with Crippen molar-refractivity contribution < 1.29 is 14.6 Å². The molecule has 0 spiro atoms. The van der Waals surface area contributed by atoms with E-state index in [0.717, 1.165) is 5.56 Å². The number of fused-ring (bicyclic) bond motifs is 1. The molecule has 1 aromatic carbocycles. The minimum Gasteiger partial charge on any atom is -0.485 e. The Kier molecular flexibility index (Phi) is 3.67. The number of benzene rings is 1. The first-order valence-corrected chi connectivity index (χ1v) is 7.59. The lowest BCUT2D eigenvalue weighted by Gasteiger charge is -2.47. The fourth-order valence-electron chi connectivity index (χ4n) is 3.28. The zero-order valence-corrected chi connectivity index (χ0v) is 12.9. The Balaban J connectivity index is 2.03. The third-order valence-corrected chi connectivity index (χ3v) is 4.59. The lowest BCUT2D eigenvalue weighted by molar-refractivity contribution is -0.126. The van der Waals surface area contributed by atoms with Gasteiger partial charge in [0.1, 0.15) is 23.2 Å². The first-order chi connectivity index (χ1) is 10.4. The molecule has 116 valence electrons. The van der Waals surface area contributed by atoms with Gasteiger partial charge in [-0.15, -0.1) is 0 Å². The minimum absolute atomic E-state index is 0.250. The number of carbonyl (C=O) groups is 1. The second kappa shape index (κ2) is 5.38. The lowest BCUT2D eigenvalue weighted by atomic mass is 9.84. The van der Waals surface area contributed by atoms with Gasteiger partial charge in [-0.25, -0.2) is 0 Å². The minimum atomic E-state index is -0.720. The molecule has 0 bridgehead atoms. The Morgan fingerprint density at radius 2 is 2.05 bits per heavy atom. The van der Waals surface area contributed by atoms with Crippen molar-refractivity contribution in [1.82, 2.24) is 4.90 Å². The summed E-state index contributed by atoms with van der Waals surface area (Å²) in [6.07, 6.45) is 0.303. The van der Waals surface area contributed by atoms with E-state index in [0.29, 0.717) is 37.2 Å². The van der Waals surface area contributed by atoms with Crippen molar-refractivity contribution in [2.24, 2.45) is 0 Å². The highest BCUT2D eigenvalue weighted by atomic mass is 16.5. The van der Waals surface area contributed by atoms with Crippen molar-refractivity contribution in [3.8, 4) is 11.8 Å². The summed E-state index contributed by atoms with van der Waals surface area (Å²) in [6.45, 7) is 4.99. The fourth-order valence-corrected chi connectivity index (χ4v) is 3.28. The predicted octanol–water partition coefficient (Wildman–Crippen LogP) is 1.80. The smallest absolute Gasteiger partial charge is 0.135 e. The molecular formula is C17H20N2O3. The highest BCUT2D eigenvalue weighted by molar-refractivity contribution is 5.79. The number of ether oxygens (including phenoxy) is 1. The van der Waals surface area contributed by atoms with Crippen molar-refractivity contribution in [3.63, 3.8) is 0 Å². The molecule has 2 heterocycles. The van der Waals surface area contributed by atoms with Gasteiger partial charge in [0, 0.05) is 31.5 Å². The molecule has 1 fully saturated rings. The first kappa shape index (κ1) is 15.0. The van der Waals surface area contributed by atoms with E-state index in [-0.39, 0.29) is 11.8 Å². The SMILES string of the molecule is CC1(C)Oc2ccc(C#N)cc2[C@@H](N2CCC(=O)CC2)[C@@H]1O. The summed E-state index contributed by atoms with van der Waals surface area (Å²) in [4.78, 5) is 13.6. The number of aliphatic hydroxyl groups is 1. The molecule has 0 unspecified atom stereocenters. The summed E-state index contributed by atoms with van der Waals surface area (Å²) in [7, 11) is 0. The molecule has 1 aromatic rings. The summed E-state index contributed by atoms with van der Waals surface area (Å²) >= 11 is 0. The molecule has 0 radical (unpaired) electrons. The number of hydrogen-bond donors (Lipinski definition) is 1. The van der Waals surface area contributed by atoms with E-state index >= 15 is 0 Å². The van der Waals surface area contributed by atoms with E-state index in [1.165, 1.54) is 0 Å². The first-order valence-electron chi connectivity index (χ1n) is 7.59. The normalized spacial score (nSPS) is 27.6. The quantitative estimate of drug-likeness (QED) is 0.856. The Bertz CT molecular complexity index is 638. The number of aliphatic hydroxyl groups excluding tert-OH is 1. The van der Waals surface area contributed by atoms with Gasteiger partial charge in [-0.3, -0.25) is 9.69 Å². The van der Waals surface area contributed by atoms with Gasteiger partial charge in [0.25, 0.3) is 0 Å². The standard InChI is InChI=1S/C17H20N2O3/c1-17(2)16(21)15(19-7-5-12(20)6-8-19)13-9-11(10-18)3-4-14(13)22-17/h3-4,9,15-16,21H,5-8H2,1-2H3/t15-,16+/m1/s1. The zero-order chi connectivity index (χ0) is 15.9. The molecule has 1 saturated heterocycles. The van der Waals surface area contributed by atoms with Crippen LogP contribution in [-0.4, -0.2) is 40.6 Å². The van der Waals surface area contributed by atoms with Crippen LogP contribution in [0.2, 0.25) is 0 Å². The van der Waals surface area contributed by atoms with Crippen LogP contribution in [0.3, 0.4) is 0 Å². The third kappa shape index (κ3) is 2.49. The average Bonchev–Trinajstić information content (AvgIpc) is 2.49. The van der Waals surface area contributed by atoms with Crippen LogP contribution >= 0.6 is 0 Å². The number of nitriles is 1. The van der Waals surface area contributed by atoms with Crippen LogP contribution < -0.4 is 4.74 Å². The molecule has 2 atom stereocenters. The lowest BCUT2D eigenvalue weighted by Crippen LogP contribution is -2.54. The van der Waals surface area contributed by atoms with Crippen molar-refractivity contribution in [1.29, 1.82) is 5.26 Å². The number of hydrogen-bond acceptors (Lipinski definition) is 5. The molecule has 5 nitrogen and oxygen atoms in total. The number of rotatable bonds is 1. The highest BCUT2D eigenvalue weighted by Crippen LogP contribution is 2.43. The van der Waals surface area contributed by atoms with Gasteiger partial charge in [-0.1, -0.05) is 0 Å². The molecule has 22 heavy (non-hydrogen) atoms. The summed E-state index contributed by atoms with van der Waals surface area (Å²) in [6, 6.07) is 7.19. The topological polar surface area (TPSA) is 73.6 Å². The predicted molar refractivity (Wildman–Crippen MR) is 80.4 cm³/mol. The number of Topliss-reactive ketones (excluding diaryl/α,β-unsaturated/α-hetero) is 1. The Hall–Kier alpha value is -1.90. The molecule has 0 saturated carbocycles. The zero-order valence-electron chi connectivity index (χ0n) is 12.9. The molecule has 2 aliphatic rings. The van der Waals surface area contributed by atoms with Gasteiger partial charge < -0.3 is 9.84 Å². The van der Waals surface area contributed by atoms with Gasteiger partial charge >= 0.3 is 0 Å². The van der Waals surface area contributed by atoms with Crippen molar-refractivity contribution >= 4 is 5.78 Å². The van der Waals surface area contributed by atoms with Crippen LogP contribution in [0.4, 0.5) is 0 Å². The van der Waals surface area contributed by atoms with Crippen LogP contribution in [0.15, 0.2) is 18.2 Å². The molecule has 5 heteroatoms. The third-order valence-electron chi connectivity index (χ3n) is 4.59. The summed E-state index contributed by atoms with van der Waals surface area (Å²) in [5.74, 6) is 0.972. The fraction of sp³-hybridized carbons (Fsp3) is 0.529. The average molecular weight is 300 g/mol. The number of piperidine rings is 1. The van der Waals surface area contributed by atoms with Gasteiger partial charge in [-0.05, 0) is 32.0 Å². The Morgan fingerprint density at radius 3 is 2.68 bits per heavy atom. The van der Waals surface area contributed by atoms with Gasteiger partial charge in [0.2, 0.25) is 0 Å². The Morgan fingerprint density at radius 1 is 1.36 bits per heavy atom. The highest BCUT2D eigenvalue weighted by Gasteiger charge is 2.45. The van der Waals surface area contributed by atoms with Crippen molar-refractivity contribution in [3.05, 3.63) is 29.3 Å². The van der Waals surface area contributed by atoms with E-state index in [4.69, 9.17) is 10.00 Å². The van der Waals surface area contributed by atoms with Crippen LogP contribution in [0.5, 0.6) is 5.75 Å². The maximum absolute atomic E-state index is 11.5. The molecular weight excluding hydrogens is 280 g/mol. The number of nitrogens with zero attached hydrogens (tertiary/aromatic N) is 2. The second-order valence-electron chi connectivity index (χ2n) is 6.53. The largest absolute Gasteiger partial charge is 0.485 e. The van der Waals surface area contributed by atoms with Crippen molar-refractivity contribution in [2.45, 2.75) is 44.4 Å². The maximum Gasteiger partial charge on any atom is 0.135 e. The van der Waals surface area contributed by atoms with Gasteiger partial charge in [-0.2, -0.15) is 5.26 Å². The number of likely N-dealkylation sites (tertiary alicyclic amines) is 1. The van der Waals surface area contributed by atoms with Gasteiger partial charge in [0.15, 0.2) is 0 Å².